The average Bonchev–Trinajstić information content (AvgIpc) is 2.75. The molecule has 2 rings (SSSR count). The molecule has 0 radical (unpaired) electrons. The van der Waals surface area contributed by atoms with E-state index < -0.39 is 8.60 Å². The SMILES string of the molecule is COP(OCC(Cl)CCOc1ccccc1)OCC(Cl)CCOc1ccccc1. The predicted molar refractivity (Wildman–Crippen MR) is 118 cm³/mol. The third-order valence-corrected chi connectivity index (χ3v) is 5.46. The lowest BCUT2D eigenvalue weighted by atomic mass is 10.3. The second kappa shape index (κ2) is 14.8. The van der Waals surface area contributed by atoms with Crippen LogP contribution in [0.2, 0.25) is 0 Å². The maximum atomic E-state index is 6.29. The van der Waals surface area contributed by atoms with Crippen LogP contribution in [-0.2, 0) is 13.6 Å². The number of benzene rings is 2. The van der Waals surface area contributed by atoms with Crippen molar-refractivity contribution in [2.45, 2.75) is 23.6 Å². The van der Waals surface area contributed by atoms with Crippen LogP contribution in [0, 0.1) is 0 Å². The fourth-order valence-corrected chi connectivity index (χ4v) is 3.60. The zero-order valence-electron chi connectivity index (χ0n) is 16.4. The van der Waals surface area contributed by atoms with E-state index >= 15 is 0 Å². The quantitative estimate of drug-likeness (QED) is 0.239. The summed E-state index contributed by atoms with van der Waals surface area (Å²) in [5.74, 6) is 1.65. The highest BCUT2D eigenvalue weighted by atomic mass is 35.5. The van der Waals surface area contributed by atoms with Crippen molar-refractivity contribution in [3.63, 3.8) is 0 Å². The van der Waals surface area contributed by atoms with Crippen molar-refractivity contribution in [3.05, 3.63) is 60.7 Å². The molecule has 0 aliphatic heterocycles. The van der Waals surface area contributed by atoms with Gasteiger partial charge in [0, 0.05) is 20.0 Å². The molecule has 0 fully saturated rings. The number of para-hydroxylation sites is 2. The highest BCUT2D eigenvalue weighted by Crippen LogP contribution is 2.39. The Kier molecular flexibility index (Phi) is 12.4. The number of ether oxygens (including phenoxy) is 2. The Morgan fingerprint density at radius 1 is 0.724 bits per heavy atom. The molecular weight excluding hydrogens is 434 g/mol. The Bertz CT molecular complexity index is 595. The maximum absolute atomic E-state index is 6.29. The number of hydrogen-bond acceptors (Lipinski definition) is 5. The van der Waals surface area contributed by atoms with Crippen molar-refractivity contribution < 1.29 is 23.0 Å². The van der Waals surface area contributed by atoms with Crippen LogP contribution in [0.4, 0.5) is 0 Å². The molecule has 0 amide bonds. The van der Waals surface area contributed by atoms with E-state index in [0.717, 1.165) is 11.5 Å². The number of halogens is 2. The maximum Gasteiger partial charge on any atom is 0.332 e. The van der Waals surface area contributed by atoms with E-state index in [1.165, 1.54) is 7.11 Å². The van der Waals surface area contributed by atoms with Crippen LogP contribution >= 0.6 is 31.8 Å². The van der Waals surface area contributed by atoms with E-state index in [1.807, 2.05) is 60.7 Å². The van der Waals surface area contributed by atoms with Crippen molar-refractivity contribution >= 4 is 31.8 Å². The normalized spacial score (nSPS) is 14.2. The Hall–Kier alpha value is -1.07. The van der Waals surface area contributed by atoms with Crippen LogP contribution in [0.25, 0.3) is 0 Å². The monoisotopic (exact) mass is 460 g/mol. The molecular formula is C21H27Cl2O5P. The van der Waals surface area contributed by atoms with Crippen LogP contribution in [0.3, 0.4) is 0 Å². The third kappa shape index (κ3) is 11.0. The van der Waals surface area contributed by atoms with Gasteiger partial charge in [0.2, 0.25) is 0 Å². The smallest absolute Gasteiger partial charge is 0.332 e. The number of alkyl halides is 2. The summed E-state index contributed by atoms with van der Waals surface area (Å²) in [7, 11) is 0.0453. The van der Waals surface area contributed by atoms with Gasteiger partial charge in [-0.2, -0.15) is 0 Å². The van der Waals surface area contributed by atoms with E-state index in [4.69, 9.17) is 46.2 Å². The summed E-state index contributed by atoms with van der Waals surface area (Å²) in [5, 5.41) is -0.401. The van der Waals surface area contributed by atoms with E-state index in [9.17, 15) is 0 Å². The number of rotatable bonds is 15. The van der Waals surface area contributed by atoms with Crippen LogP contribution in [0.15, 0.2) is 60.7 Å². The van der Waals surface area contributed by atoms with Crippen LogP contribution in [0.1, 0.15) is 12.8 Å². The molecule has 0 aliphatic rings. The Labute approximate surface area is 184 Å². The Morgan fingerprint density at radius 3 is 1.52 bits per heavy atom. The minimum Gasteiger partial charge on any atom is -0.494 e. The molecule has 2 atom stereocenters. The summed E-state index contributed by atoms with van der Waals surface area (Å²) in [6, 6.07) is 19.2. The second-order valence-corrected chi connectivity index (χ2v) is 8.66. The zero-order chi connectivity index (χ0) is 20.7. The largest absolute Gasteiger partial charge is 0.494 e. The highest BCUT2D eigenvalue weighted by Gasteiger charge is 2.16. The molecule has 0 bridgehead atoms. The van der Waals surface area contributed by atoms with Gasteiger partial charge >= 0.3 is 8.60 Å². The van der Waals surface area contributed by atoms with Gasteiger partial charge in [-0.25, -0.2) is 0 Å². The topological polar surface area (TPSA) is 46.2 Å². The van der Waals surface area contributed by atoms with Gasteiger partial charge in [-0.05, 0) is 24.3 Å². The molecule has 2 aromatic rings. The van der Waals surface area contributed by atoms with Crippen molar-refractivity contribution in [3.8, 4) is 11.5 Å². The van der Waals surface area contributed by atoms with Crippen LogP contribution < -0.4 is 9.47 Å². The molecule has 0 heterocycles. The molecule has 0 aromatic heterocycles. The first-order chi connectivity index (χ1) is 14.2. The molecule has 0 N–H and O–H groups in total. The summed E-state index contributed by atoms with van der Waals surface area (Å²) < 4.78 is 27.7. The number of hydrogen-bond donors (Lipinski definition) is 0. The van der Waals surface area contributed by atoms with Gasteiger partial charge in [-0.1, -0.05) is 36.4 Å². The lowest BCUT2D eigenvalue weighted by Gasteiger charge is -2.18. The molecule has 0 spiro atoms. The first-order valence-electron chi connectivity index (χ1n) is 9.41. The standard InChI is InChI=1S/C21H27Cl2O5P/c1-24-29(27-16-18(22)12-14-25-20-8-4-2-5-9-20)28-17-19(23)13-15-26-21-10-6-3-7-11-21/h2-11,18-19H,12-17H2,1H3. The molecule has 8 heteroatoms. The highest BCUT2D eigenvalue weighted by molar-refractivity contribution is 7.41. The zero-order valence-corrected chi connectivity index (χ0v) is 18.8. The van der Waals surface area contributed by atoms with Crippen molar-refractivity contribution in [2.24, 2.45) is 0 Å². The third-order valence-electron chi connectivity index (χ3n) is 3.76. The summed E-state index contributed by atoms with van der Waals surface area (Å²) in [6.07, 6.45) is 1.30. The van der Waals surface area contributed by atoms with Crippen molar-refractivity contribution in [1.82, 2.24) is 0 Å². The van der Waals surface area contributed by atoms with Gasteiger partial charge in [0.25, 0.3) is 0 Å². The van der Waals surface area contributed by atoms with Gasteiger partial charge in [-0.3, -0.25) is 0 Å². The lowest BCUT2D eigenvalue weighted by Crippen LogP contribution is -2.15. The van der Waals surface area contributed by atoms with E-state index in [1.54, 1.807) is 0 Å². The molecule has 160 valence electrons. The predicted octanol–water partition coefficient (Wildman–Crippen LogP) is 6.05. The van der Waals surface area contributed by atoms with Gasteiger partial charge in [0.1, 0.15) is 11.5 Å². The molecule has 0 saturated heterocycles. The molecule has 2 unspecified atom stereocenters. The van der Waals surface area contributed by atoms with Crippen molar-refractivity contribution in [2.75, 3.05) is 33.5 Å². The first-order valence-corrected chi connectivity index (χ1v) is 11.4. The van der Waals surface area contributed by atoms with Gasteiger partial charge in [-0.15, -0.1) is 23.2 Å². The second-order valence-electron chi connectivity index (χ2n) is 6.09. The molecule has 5 nitrogen and oxygen atoms in total. The summed E-state index contributed by atoms with van der Waals surface area (Å²) in [5.41, 5.74) is 0. The minimum atomic E-state index is -1.49. The van der Waals surface area contributed by atoms with Gasteiger partial charge < -0.3 is 23.0 Å². The summed E-state index contributed by atoms with van der Waals surface area (Å²) in [6.45, 7) is 1.64. The molecule has 29 heavy (non-hydrogen) atoms. The van der Waals surface area contributed by atoms with Gasteiger partial charge in [0.05, 0.1) is 37.2 Å². The van der Waals surface area contributed by atoms with Crippen LogP contribution in [0.5, 0.6) is 11.5 Å². The van der Waals surface area contributed by atoms with Crippen molar-refractivity contribution in [1.29, 1.82) is 0 Å². The fourth-order valence-electron chi connectivity index (χ4n) is 2.24. The average molecular weight is 461 g/mol. The first kappa shape index (κ1) is 24.2. The minimum absolute atomic E-state index is 0.200. The Morgan fingerprint density at radius 2 is 1.14 bits per heavy atom. The summed E-state index contributed by atoms with van der Waals surface area (Å²) >= 11 is 12.6. The lowest BCUT2D eigenvalue weighted by molar-refractivity contribution is 0.172. The summed E-state index contributed by atoms with van der Waals surface area (Å²) in [4.78, 5) is 0. The molecule has 0 aliphatic carbocycles. The van der Waals surface area contributed by atoms with Gasteiger partial charge in [0.15, 0.2) is 0 Å². The molecule has 0 saturated carbocycles. The fraction of sp³-hybridized carbons (Fsp3) is 0.429. The van der Waals surface area contributed by atoms with Crippen LogP contribution in [-0.4, -0.2) is 44.3 Å². The van der Waals surface area contributed by atoms with E-state index in [0.29, 0.717) is 39.3 Å². The van der Waals surface area contributed by atoms with E-state index in [2.05, 4.69) is 0 Å². The van der Waals surface area contributed by atoms with E-state index in [-0.39, 0.29) is 10.8 Å². The Balaban J connectivity index is 1.54. The molecule has 2 aromatic carbocycles.